The van der Waals surface area contributed by atoms with Crippen LogP contribution in [0.5, 0.6) is 0 Å². The van der Waals surface area contributed by atoms with Crippen molar-refractivity contribution in [1.82, 2.24) is 0 Å². The van der Waals surface area contributed by atoms with E-state index in [4.69, 9.17) is 5.26 Å². The van der Waals surface area contributed by atoms with Crippen molar-refractivity contribution in [3.63, 3.8) is 0 Å². The zero-order chi connectivity index (χ0) is 18.4. The van der Waals surface area contributed by atoms with Gasteiger partial charge in [0, 0.05) is 4.90 Å². The van der Waals surface area contributed by atoms with Crippen LogP contribution in [0.2, 0.25) is 0 Å². The zero-order valence-electron chi connectivity index (χ0n) is 13.9. The van der Waals surface area contributed by atoms with E-state index in [1.54, 1.807) is 30.3 Å². The Morgan fingerprint density at radius 1 is 0.731 bits per heavy atom. The summed E-state index contributed by atoms with van der Waals surface area (Å²) in [5.41, 5.74) is 2.61. The lowest BCUT2D eigenvalue weighted by molar-refractivity contribution is 0.175. The number of nitriles is 2. The highest BCUT2D eigenvalue weighted by Crippen LogP contribution is 2.44. The zero-order valence-corrected chi connectivity index (χ0v) is 14.7. The average Bonchev–Trinajstić information content (AvgIpc) is 2.72. The molecule has 0 amide bonds. The topological polar surface area (TPSA) is 67.8 Å². The number of benzene rings is 3. The average molecular weight is 356 g/mol. The second kappa shape index (κ2) is 8.36. The molecular weight excluding hydrogens is 340 g/mol. The summed E-state index contributed by atoms with van der Waals surface area (Å²) in [5.74, 6) is 0. The monoisotopic (exact) mass is 356 g/mol. The number of aliphatic hydroxyl groups excluding tert-OH is 1. The molecule has 0 bridgehead atoms. The minimum atomic E-state index is -0.817. The van der Waals surface area contributed by atoms with Crippen molar-refractivity contribution in [2.45, 2.75) is 16.2 Å². The van der Waals surface area contributed by atoms with Gasteiger partial charge in [-0.3, -0.25) is 0 Å². The molecule has 0 saturated carbocycles. The smallest absolute Gasteiger partial charge is 0.0991 e. The van der Waals surface area contributed by atoms with Crippen LogP contribution in [0.3, 0.4) is 0 Å². The lowest BCUT2D eigenvalue weighted by Gasteiger charge is -2.24. The molecule has 0 saturated heterocycles. The lowest BCUT2D eigenvalue weighted by Crippen LogP contribution is -2.08. The van der Waals surface area contributed by atoms with E-state index >= 15 is 0 Å². The molecule has 0 aliphatic rings. The molecule has 0 unspecified atom stereocenters. The molecule has 4 heteroatoms. The Balaban J connectivity index is 2.01. The van der Waals surface area contributed by atoms with Gasteiger partial charge in [0.05, 0.1) is 34.6 Å². The van der Waals surface area contributed by atoms with Crippen LogP contribution in [-0.2, 0) is 0 Å². The molecule has 3 nitrogen and oxygen atoms in total. The molecule has 2 atom stereocenters. The maximum absolute atomic E-state index is 11.1. The Labute approximate surface area is 157 Å². The Morgan fingerprint density at radius 3 is 1.92 bits per heavy atom. The van der Waals surface area contributed by atoms with E-state index in [1.807, 2.05) is 48.5 Å². The van der Waals surface area contributed by atoms with Gasteiger partial charge in [-0.2, -0.15) is 10.5 Å². The van der Waals surface area contributed by atoms with Gasteiger partial charge in [-0.25, -0.2) is 0 Å². The summed E-state index contributed by atoms with van der Waals surface area (Å²) in [6, 6.07) is 28.4. The van der Waals surface area contributed by atoms with Crippen LogP contribution >= 0.6 is 11.8 Å². The predicted octanol–water partition coefficient (Wildman–Crippen LogP) is 5.00. The number of thioether (sulfide) groups is 1. The first-order chi connectivity index (χ1) is 12.7. The number of nitrogens with zero attached hydrogens (tertiary/aromatic N) is 2. The molecule has 126 valence electrons. The van der Waals surface area contributed by atoms with E-state index < -0.39 is 6.10 Å². The van der Waals surface area contributed by atoms with Crippen LogP contribution < -0.4 is 0 Å². The third kappa shape index (κ3) is 4.13. The van der Waals surface area contributed by atoms with Crippen LogP contribution in [0.1, 0.15) is 33.6 Å². The molecule has 0 spiro atoms. The SMILES string of the molecule is N#Cc1cccc([C@H](O)[C@@H](Sc2ccccc2)c2cccc(C#N)c2)c1. The largest absolute Gasteiger partial charge is 0.387 e. The fourth-order valence-electron chi connectivity index (χ4n) is 2.71. The molecule has 3 rings (SSSR count). The van der Waals surface area contributed by atoms with E-state index in [9.17, 15) is 10.4 Å². The van der Waals surface area contributed by atoms with Gasteiger partial charge in [-0.1, -0.05) is 42.5 Å². The van der Waals surface area contributed by atoms with E-state index in [-0.39, 0.29) is 5.25 Å². The number of hydrogen-bond acceptors (Lipinski definition) is 4. The summed E-state index contributed by atoms with van der Waals surface area (Å²) in [6.07, 6.45) is -0.817. The first kappa shape index (κ1) is 17.8. The third-order valence-corrected chi connectivity index (χ3v) is 5.32. The summed E-state index contributed by atoms with van der Waals surface area (Å²) >= 11 is 1.54. The highest BCUT2D eigenvalue weighted by Gasteiger charge is 2.24. The van der Waals surface area contributed by atoms with Crippen molar-refractivity contribution in [3.8, 4) is 12.1 Å². The van der Waals surface area contributed by atoms with Crippen molar-refractivity contribution in [2.75, 3.05) is 0 Å². The summed E-state index contributed by atoms with van der Waals surface area (Å²) in [5, 5.41) is 29.1. The molecule has 3 aromatic rings. The number of aliphatic hydroxyl groups is 1. The van der Waals surface area contributed by atoms with Crippen molar-refractivity contribution in [3.05, 3.63) is 101 Å². The summed E-state index contributed by atoms with van der Waals surface area (Å²) in [4.78, 5) is 1.02. The first-order valence-electron chi connectivity index (χ1n) is 8.11. The summed E-state index contributed by atoms with van der Waals surface area (Å²) < 4.78 is 0. The van der Waals surface area contributed by atoms with Crippen molar-refractivity contribution in [1.29, 1.82) is 10.5 Å². The molecule has 0 radical (unpaired) electrons. The van der Waals surface area contributed by atoms with E-state index in [2.05, 4.69) is 12.1 Å². The first-order valence-corrected chi connectivity index (χ1v) is 8.99. The molecule has 0 aliphatic carbocycles. The van der Waals surface area contributed by atoms with Gasteiger partial charge in [-0.15, -0.1) is 11.8 Å². The van der Waals surface area contributed by atoms with Gasteiger partial charge in [0.15, 0.2) is 0 Å². The van der Waals surface area contributed by atoms with Crippen molar-refractivity contribution >= 4 is 11.8 Å². The summed E-state index contributed by atoms with van der Waals surface area (Å²) in [7, 11) is 0. The summed E-state index contributed by atoms with van der Waals surface area (Å²) in [6.45, 7) is 0. The van der Waals surface area contributed by atoms with Crippen LogP contribution in [-0.4, -0.2) is 5.11 Å². The molecule has 3 aromatic carbocycles. The third-order valence-electron chi connectivity index (χ3n) is 3.99. The maximum Gasteiger partial charge on any atom is 0.0991 e. The predicted molar refractivity (Wildman–Crippen MR) is 102 cm³/mol. The van der Waals surface area contributed by atoms with Gasteiger partial charge in [-0.05, 0) is 47.5 Å². The number of rotatable bonds is 5. The van der Waals surface area contributed by atoms with Crippen molar-refractivity contribution in [2.24, 2.45) is 0 Å². The number of hydrogen-bond donors (Lipinski definition) is 1. The fraction of sp³-hybridized carbons (Fsp3) is 0.0909. The second-order valence-electron chi connectivity index (χ2n) is 5.77. The Hall–Kier alpha value is -3.05. The van der Waals surface area contributed by atoms with Gasteiger partial charge < -0.3 is 5.11 Å². The normalized spacial score (nSPS) is 12.6. The minimum Gasteiger partial charge on any atom is -0.387 e. The lowest BCUT2D eigenvalue weighted by atomic mass is 9.98. The minimum absolute atomic E-state index is 0.306. The van der Waals surface area contributed by atoms with Gasteiger partial charge >= 0.3 is 0 Å². The quantitative estimate of drug-likeness (QED) is 0.653. The van der Waals surface area contributed by atoms with E-state index in [0.29, 0.717) is 16.7 Å². The molecular formula is C22H16N2OS. The standard InChI is InChI=1S/C22H16N2OS/c23-14-16-6-4-8-18(12-16)21(25)22(26-20-10-2-1-3-11-20)19-9-5-7-17(13-19)15-24/h1-13,21-22,25H/t21-,22-/m0/s1. The Kier molecular flexibility index (Phi) is 5.71. The van der Waals surface area contributed by atoms with Gasteiger partial charge in [0.2, 0.25) is 0 Å². The molecule has 26 heavy (non-hydrogen) atoms. The highest BCUT2D eigenvalue weighted by atomic mass is 32.2. The van der Waals surface area contributed by atoms with E-state index in [0.717, 1.165) is 10.5 Å². The van der Waals surface area contributed by atoms with Crippen LogP contribution in [0.4, 0.5) is 0 Å². The molecule has 0 heterocycles. The highest BCUT2D eigenvalue weighted by molar-refractivity contribution is 7.99. The van der Waals surface area contributed by atoms with E-state index in [1.165, 1.54) is 11.8 Å². The Bertz CT molecular complexity index is 973. The Morgan fingerprint density at radius 2 is 1.31 bits per heavy atom. The second-order valence-corrected chi connectivity index (χ2v) is 6.99. The molecule has 0 aliphatic heterocycles. The van der Waals surface area contributed by atoms with Gasteiger partial charge in [0.25, 0.3) is 0 Å². The van der Waals surface area contributed by atoms with Gasteiger partial charge in [0.1, 0.15) is 0 Å². The molecule has 0 aromatic heterocycles. The van der Waals surface area contributed by atoms with Crippen LogP contribution in [0, 0.1) is 22.7 Å². The fourth-order valence-corrected chi connectivity index (χ4v) is 3.89. The maximum atomic E-state index is 11.1. The van der Waals surface area contributed by atoms with Crippen molar-refractivity contribution < 1.29 is 5.11 Å². The molecule has 0 fully saturated rings. The van der Waals surface area contributed by atoms with Crippen LogP contribution in [0.15, 0.2) is 83.8 Å². The van der Waals surface area contributed by atoms with Crippen LogP contribution in [0.25, 0.3) is 0 Å². The molecule has 1 N–H and O–H groups in total.